The van der Waals surface area contributed by atoms with Gasteiger partial charge in [0.2, 0.25) is 0 Å². The summed E-state index contributed by atoms with van der Waals surface area (Å²) in [6.07, 6.45) is -0.233. The Morgan fingerprint density at radius 3 is 1.76 bits per heavy atom. The summed E-state index contributed by atoms with van der Waals surface area (Å²) in [5.74, 6) is 0. The molecule has 0 saturated carbocycles. The second-order valence-corrected chi connectivity index (χ2v) is 5.85. The van der Waals surface area contributed by atoms with E-state index in [-0.39, 0.29) is 11.5 Å². The Bertz CT molecular complexity index is 358. The van der Waals surface area contributed by atoms with Crippen molar-refractivity contribution in [1.82, 2.24) is 0 Å². The van der Waals surface area contributed by atoms with Gasteiger partial charge in [-0.05, 0) is 30.4 Å². The highest BCUT2D eigenvalue weighted by Gasteiger charge is 2.30. The van der Waals surface area contributed by atoms with Crippen LogP contribution in [0.4, 0.5) is 0 Å². The summed E-state index contributed by atoms with van der Waals surface area (Å²) in [6, 6.07) is 8.12. The highest BCUT2D eigenvalue weighted by atomic mass is 16.5. The average Bonchev–Trinajstić information content (AvgIpc) is 2.27. The summed E-state index contributed by atoms with van der Waals surface area (Å²) >= 11 is 0. The van der Waals surface area contributed by atoms with Crippen LogP contribution in [-0.4, -0.2) is 18.3 Å². The summed E-state index contributed by atoms with van der Waals surface area (Å²) in [7, 11) is 1.61. The van der Waals surface area contributed by atoms with Crippen molar-refractivity contribution in [2.24, 2.45) is 0 Å². The fourth-order valence-corrected chi connectivity index (χ4v) is 1.77. The van der Waals surface area contributed by atoms with Crippen molar-refractivity contribution >= 4 is 0 Å². The first-order chi connectivity index (χ1) is 7.69. The highest BCUT2D eigenvalue weighted by molar-refractivity contribution is 5.31. The lowest BCUT2D eigenvalue weighted by Crippen LogP contribution is -2.35. The molecule has 0 spiro atoms. The first-order valence-corrected chi connectivity index (χ1v) is 6.05. The van der Waals surface area contributed by atoms with E-state index < -0.39 is 5.60 Å². The first kappa shape index (κ1) is 14.2. The van der Waals surface area contributed by atoms with E-state index in [0.29, 0.717) is 0 Å². The van der Waals surface area contributed by atoms with Crippen molar-refractivity contribution in [3.63, 3.8) is 0 Å². The zero-order valence-electron chi connectivity index (χ0n) is 11.7. The van der Waals surface area contributed by atoms with Crippen molar-refractivity contribution < 1.29 is 9.84 Å². The van der Waals surface area contributed by atoms with Crippen LogP contribution in [0.15, 0.2) is 24.3 Å². The van der Waals surface area contributed by atoms with Gasteiger partial charge in [0, 0.05) is 7.11 Å². The van der Waals surface area contributed by atoms with E-state index in [0.717, 1.165) is 5.56 Å². The number of ether oxygens (including phenoxy) is 1. The molecule has 0 aliphatic carbocycles. The molecular formula is C15H24O2. The van der Waals surface area contributed by atoms with E-state index in [1.165, 1.54) is 5.56 Å². The number of rotatable bonds is 3. The van der Waals surface area contributed by atoms with Gasteiger partial charge in [-0.15, -0.1) is 0 Å². The first-order valence-electron chi connectivity index (χ1n) is 6.05. The van der Waals surface area contributed by atoms with Gasteiger partial charge in [0.15, 0.2) is 0 Å². The van der Waals surface area contributed by atoms with Crippen molar-refractivity contribution in [3.8, 4) is 0 Å². The van der Waals surface area contributed by atoms with Crippen LogP contribution >= 0.6 is 0 Å². The van der Waals surface area contributed by atoms with Gasteiger partial charge in [-0.25, -0.2) is 0 Å². The van der Waals surface area contributed by atoms with Crippen LogP contribution in [0, 0.1) is 0 Å². The third kappa shape index (κ3) is 3.08. The molecule has 1 rings (SSSR count). The topological polar surface area (TPSA) is 29.5 Å². The number of aliphatic hydroxyl groups is 1. The van der Waals surface area contributed by atoms with Crippen LogP contribution in [0.1, 0.15) is 45.7 Å². The van der Waals surface area contributed by atoms with E-state index in [4.69, 9.17) is 4.74 Å². The number of hydrogen-bond acceptors (Lipinski definition) is 2. The summed E-state index contributed by atoms with van der Waals surface area (Å²) in [6.45, 7) is 10.2. The van der Waals surface area contributed by atoms with Crippen LogP contribution in [0.3, 0.4) is 0 Å². The lowest BCUT2D eigenvalue weighted by atomic mass is 9.84. The molecule has 2 atom stereocenters. The molecule has 0 radical (unpaired) electrons. The Morgan fingerprint density at radius 2 is 1.41 bits per heavy atom. The SMILES string of the molecule is COC(C)C(C)(O)c1ccc(C(C)(C)C)cc1. The van der Waals surface area contributed by atoms with Gasteiger partial charge in [-0.1, -0.05) is 45.0 Å². The van der Waals surface area contributed by atoms with Crippen LogP contribution in [0.5, 0.6) is 0 Å². The molecule has 96 valence electrons. The Labute approximate surface area is 105 Å². The normalized spacial score (nSPS) is 17.6. The molecule has 1 aromatic carbocycles. The average molecular weight is 236 g/mol. The molecule has 2 unspecified atom stereocenters. The van der Waals surface area contributed by atoms with Gasteiger partial charge in [-0.2, -0.15) is 0 Å². The number of methoxy groups -OCH3 is 1. The second-order valence-electron chi connectivity index (χ2n) is 5.85. The van der Waals surface area contributed by atoms with Crippen LogP contribution in [0.25, 0.3) is 0 Å². The molecule has 2 nitrogen and oxygen atoms in total. The molecule has 0 saturated heterocycles. The molecular weight excluding hydrogens is 212 g/mol. The minimum Gasteiger partial charge on any atom is -0.383 e. The van der Waals surface area contributed by atoms with Gasteiger partial charge < -0.3 is 9.84 Å². The van der Waals surface area contributed by atoms with E-state index in [1.807, 2.05) is 19.1 Å². The second kappa shape index (κ2) is 4.79. The quantitative estimate of drug-likeness (QED) is 0.873. The van der Waals surface area contributed by atoms with Gasteiger partial charge in [-0.3, -0.25) is 0 Å². The molecule has 0 amide bonds. The third-order valence-corrected chi connectivity index (χ3v) is 3.48. The Morgan fingerprint density at radius 1 is 1.00 bits per heavy atom. The lowest BCUT2D eigenvalue weighted by Gasteiger charge is -2.30. The van der Waals surface area contributed by atoms with Crippen LogP contribution in [0.2, 0.25) is 0 Å². The number of hydrogen-bond donors (Lipinski definition) is 1. The standard InChI is InChI=1S/C15H24O2/c1-11(17-6)15(5,16)13-9-7-12(8-10-13)14(2,3)4/h7-11,16H,1-6H3. The van der Waals surface area contributed by atoms with Gasteiger partial charge in [0.1, 0.15) is 5.60 Å². The van der Waals surface area contributed by atoms with E-state index in [9.17, 15) is 5.11 Å². The van der Waals surface area contributed by atoms with Gasteiger partial charge in [0.05, 0.1) is 6.10 Å². The van der Waals surface area contributed by atoms with Gasteiger partial charge >= 0.3 is 0 Å². The summed E-state index contributed by atoms with van der Waals surface area (Å²) in [5, 5.41) is 10.4. The van der Waals surface area contributed by atoms with Crippen LogP contribution < -0.4 is 0 Å². The molecule has 0 aliphatic rings. The maximum Gasteiger partial charge on any atom is 0.113 e. The van der Waals surface area contributed by atoms with E-state index >= 15 is 0 Å². The summed E-state index contributed by atoms with van der Waals surface area (Å²) in [5.41, 5.74) is 1.34. The molecule has 1 aromatic rings. The fourth-order valence-electron chi connectivity index (χ4n) is 1.77. The molecule has 0 aliphatic heterocycles. The van der Waals surface area contributed by atoms with E-state index in [1.54, 1.807) is 14.0 Å². The predicted octanol–water partition coefficient (Wildman–Crippen LogP) is 3.23. The number of benzene rings is 1. The molecule has 0 bridgehead atoms. The zero-order valence-corrected chi connectivity index (χ0v) is 11.7. The highest BCUT2D eigenvalue weighted by Crippen LogP contribution is 2.29. The summed E-state index contributed by atoms with van der Waals surface area (Å²) < 4.78 is 5.22. The molecule has 17 heavy (non-hydrogen) atoms. The van der Waals surface area contributed by atoms with Crippen LogP contribution in [-0.2, 0) is 15.8 Å². The fraction of sp³-hybridized carbons (Fsp3) is 0.600. The largest absolute Gasteiger partial charge is 0.383 e. The molecule has 0 aromatic heterocycles. The molecule has 2 heteroatoms. The third-order valence-electron chi connectivity index (χ3n) is 3.48. The molecule has 0 heterocycles. The smallest absolute Gasteiger partial charge is 0.113 e. The molecule has 0 fully saturated rings. The zero-order chi connectivity index (χ0) is 13.3. The minimum absolute atomic E-state index is 0.136. The Kier molecular flexibility index (Phi) is 4.00. The molecule has 1 N–H and O–H groups in total. The van der Waals surface area contributed by atoms with Crippen molar-refractivity contribution in [2.75, 3.05) is 7.11 Å². The van der Waals surface area contributed by atoms with Crippen molar-refractivity contribution in [1.29, 1.82) is 0 Å². The minimum atomic E-state index is -0.953. The van der Waals surface area contributed by atoms with Crippen molar-refractivity contribution in [3.05, 3.63) is 35.4 Å². The lowest BCUT2D eigenvalue weighted by molar-refractivity contribution is -0.0772. The monoisotopic (exact) mass is 236 g/mol. The Hall–Kier alpha value is -0.860. The van der Waals surface area contributed by atoms with Gasteiger partial charge in [0.25, 0.3) is 0 Å². The van der Waals surface area contributed by atoms with Crippen molar-refractivity contribution in [2.45, 2.75) is 51.7 Å². The maximum absolute atomic E-state index is 10.4. The Balaban J connectivity index is 3.03. The van der Waals surface area contributed by atoms with E-state index in [2.05, 4.69) is 32.9 Å². The maximum atomic E-state index is 10.4. The summed E-state index contributed by atoms with van der Waals surface area (Å²) in [4.78, 5) is 0. The predicted molar refractivity (Wildman–Crippen MR) is 71.2 cm³/mol.